The Balaban J connectivity index is 2.46. The first-order valence-corrected chi connectivity index (χ1v) is 5.86. The zero-order chi connectivity index (χ0) is 11.8. The number of hydrazine groups is 1. The van der Waals surface area contributed by atoms with Crippen molar-refractivity contribution in [3.63, 3.8) is 0 Å². The number of hydrogen-bond acceptors (Lipinski definition) is 3. The van der Waals surface area contributed by atoms with Gasteiger partial charge in [-0.2, -0.15) is 0 Å². The fourth-order valence-electron chi connectivity index (χ4n) is 1.64. The molecule has 0 aliphatic carbocycles. The van der Waals surface area contributed by atoms with Gasteiger partial charge in [-0.1, -0.05) is 31.2 Å². The van der Waals surface area contributed by atoms with Gasteiger partial charge in [0.2, 0.25) is 0 Å². The normalized spacial score (nSPS) is 12.7. The molecule has 3 nitrogen and oxygen atoms in total. The standard InChI is InChI=1S/C13H22N2O/c1-3-8-16-10-13(15-14)9-12-7-5-4-6-11(12)2/h4-7,13,15H,3,8-10,14H2,1-2H3. The van der Waals surface area contributed by atoms with Gasteiger partial charge in [-0.3, -0.25) is 11.3 Å². The summed E-state index contributed by atoms with van der Waals surface area (Å²) in [6.45, 7) is 5.69. The predicted molar refractivity (Wildman–Crippen MR) is 67.1 cm³/mol. The second-order valence-corrected chi connectivity index (χ2v) is 4.07. The Morgan fingerprint density at radius 3 is 2.75 bits per heavy atom. The number of aryl methyl sites for hydroxylation is 1. The summed E-state index contributed by atoms with van der Waals surface area (Å²) in [5.41, 5.74) is 5.44. The third-order valence-corrected chi connectivity index (χ3v) is 2.63. The SMILES string of the molecule is CCCOCC(Cc1ccccc1C)NN. The van der Waals surface area contributed by atoms with Crippen molar-refractivity contribution in [3.8, 4) is 0 Å². The van der Waals surface area contributed by atoms with Crippen LogP contribution in [0.5, 0.6) is 0 Å². The second kappa shape index (κ2) is 7.39. The molecule has 1 rings (SSSR count). The maximum atomic E-state index is 5.52. The van der Waals surface area contributed by atoms with E-state index in [1.165, 1.54) is 11.1 Å². The molecule has 0 saturated carbocycles. The lowest BCUT2D eigenvalue weighted by Gasteiger charge is -2.17. The lowest BCUT2D eigenvalue weighted by Crippen LogP contribution is -2.40. The Morgan fingerprint density at radius 1 is 1.38 bits per heavy atom. The number of ether oxygens (including phenoxy) is 1. The monoisotopic (exact) mass is 222 g/mol. The quantitative estimate of drug-likeness (QED) is 0.420. The van der Waals surface area contributed by atoms with E-state index < -0.39 is 0 Å². The topological polar surface area (TPSA) is 47.3 Å². The molecule has 0 aliphatic rings. The van der Waals surface area contributed by atoms with E-state index in [1.54, 1.807) is 0 Å². The van der Waals surface area contributed by atoms with E-state index in [0.29, 0.717) is 6.61 Å². The molecule has 0 fully saturated rings. The van der Waals surface area contributed by atoms with Crippen molar-refractivity contribution in [1.29, 1.82) is 0 Å². The van der Waals surface area contributed by atoms with E-state index in [2.05, 4.69) is 43.5 Å². The Kier molecular flexibility index (Phi) is 6.08. The first-order valence-electron chi connectivity index (χ1n) is 5.86. The highest BCUT2D eigenvalue weighted by Gasteiger charge is 2.08. The minimum Gasteiger partial charge on any atom is -0.380 e. The van der Waals surface area contributed by atoms with Crippen molar-refractivity contribution in [2.24, 2.45) is 5.84 Å². The van der Waals surface area contributed by atoms with E-state index in [1.807, 2.05) is 0 Å². The number of nitrogens with one attached hydrogen (secondary N) is 1. The molecule has 0 aromatic heterocycles. The van der Waals surface area contributed by atoms with Gasteiger partial charge in [0.25, 0.3) is 0 Å². The molecule has 0 saturated heterocycles. The molecule has 90 valence electrons. The summed E-state index contributed by atoms with van der Waals surface area (Å²) in [6.07, 6.45) is 1.95. The van der Waals surface area contributed by atoms with Gasteiger partial charge in [-0.05, 0) is 30.9 Å². The molecule has 0 spiro atoms. The van der Waals surface area contributed by atoms with Crippen LogP contribution in [0.25, 0.3) is 0 Å². The van der Waals surface area contributed by atoms with Crippen LogP contribution in [-0.2, 0) is 11.2 Å². The van der Waals surface area contributed by atoms with E-state index in [0.717, 1.165) is 19.4 Å². The maximum absolute atomic E-state index is 5.52. The summed E-state index contributed by atoms with van der Waals surface area (Å²) >= 11 is 0. The predicted octanol–water partition coefficient (Wildman–Crippen LogP) is 1.80. The zero-order valence-corrected chi connectivity index (χ0v) is 10.2. The van der Waals surface area contributed by atoms with Crippen molar-refractivity contribution in [2.45, 2.75) is 32.7 Å². The highest BCUT2D eigenvalue weighted by molar-refractivity contribution is 5.26. The molecule has 3 heteroatoms. The van der Waals surface area contributed by atoms with Gasteiger partial charge in [0.05, 0.1) is 6.61 Å². The molecule has 0 aliphatic heterocycles. The van der Waals surface area contributed by atoms with Crippen LogP contribution in [0.3, 0.4) is 0 Å². The average Bonchev–Trinajstić information content (AvgIpc) is 2.30. The number of rotatable bonds is 7. The minimum atomic E-state index is 0.188. The zero-order valence-electron chi connectivity index (χ0n) is 10.2. The van der Waals surface area contributed by atoms with Gasteiger partial charge in [0, 0.05) is 12.6 Å². The van der Waals surface area contributed by atoms with Crippen LogP contribution in [0, 0.1) is 6.92 Å². The van der Waals surface area contributed by atoms with Crippen molar-refractivity contribution in [1.82, 2.24) is 5.43 Å². The fraction of sp³-hybridized carbons (Fsp3) is 0.538. The fourth-order valence-corrected chi connectivity index (χ4v) is 1.64. The molecule has 3 N–H and O–H groups in total. The molecule has 0 bridgehead atoms. The Bertz CT molecular complexity index is 302. The van der Waals surface area contributed by atoms with Crippen LogP contribution in [0.15, 0.2) is 24.3 Å². The molecule has 1 unspecified atom stereocenters. The smallest absolute Gasteiger partial charge is 0.0636 e. The largest absolute Gasteiger partial charge is 0.380 e. The summed E-state index contributed by atoms with van der Waals surface area (Å²) in [4.78, 5) is 0. The van der Waals surface area contributed by atoms with E-state index in [9.17, 15) is 0 Å². The van der Waals surface area contributed by atoms with Crippen molar-refractivity contribution < 1.29 is 4.74 Å². The van der Waals surface area contributed by atoms with Gasteiger partial charge in [0.1, 0.15) is 0 Å². The first kappa shape index (κ1) is 13.2. The van der Waals surface area contributed by atoms with Gasteiger partial charge >= 0.3 is 0 Å². The van der Waals surface area contributed by atoms with Gasteiger partial charge in [-0.15, -0.1) is 0 Å². The Morgan fingerprint density at radius 2 is 2.12 bits per heavy atom. The Labute approximate surface area is 98.0 Å². The summed E-state index contributed by atoms with van der Waals surface area (Å²) in [6, 6.07) is 8.56. The summed E-state index contributed by atoms with van der Waals surface area (Å²) < 4.78 is 5.51. The summed E-state index contributed by atoms with van der Waals surface area (Å²) in [5.74, 6) is 5.52. The van der Waals surface area contributed by atoms with Crippen LogP contribution >= 0.6 is 0 Å². The molecule has 0 heterocycles. The van der Waals surface area contributed by atoms with Crippen LogP contribution in [-0.4, -0.2) is 19.3 Å². The molecule has 0 amide bonds. The van der Waals surface area contributed by atoms with Gasteiger partial charge in [-0.25, -0.2) is 0 Å². The maximum Gasteiger partial charge on any atom is 0.0636 e. The molecular formula is C13H22N2O. The minimum absolute atomic E-state index is 0.188. The third-order valence-electron chi connectivity index (χ3n) is 2.63. The van der Waals surface area contributed by atoms with Crippen LogP contribution in [0.2, 0.25) is 0 Å². The molecule has 16 heavy (non-hydrogen) atoms. The third kappa shape index (κ3) is 4.31. The summed E-state index contributed by atoms with van der Waals surface area (Å²) in [5, 5.41) is 0. The van der Waals surface area contributed by atoms with Crippen molar-refractivity contribution in [3.05, 3.63) is 35.4 Å². The van der Waals surface area contributed by atoms with Gasteiger partial charge in [0.15, 0.2) is 0 Å². The average molecular weight is 222 g/mol. The molecular weight excluding hydrogens is 200 g/mol. The summed E-state index contributed by atoms with van der Waals surface area (Å²) in [7, 11) is 0. The van der Waals surface area contributed by atoms with Crippen LogP contribution in [0.4, 0.5) is 0 Å². The number of hydrogen-bond donors (Lipinski definition) is 2. The van der Waals surface area contributed by atoms with Crippen LogP contribution in [0.1, 0.15) is 24.5 Å². The lowest BCUT2D eigenvalue weighted by molar-refractivity contribution is 0.112. The van der Waals surface area contributed by atoms with E-state index in [4.69, 9.17) is 10.6 Å². The molecule has 1 aromatic rings. The number of benzene rings is 1. The highest BCUT2D eigenvalue weighted by Crippen LogP contribution is 2.09. The lowest BCUT2D eigenvalue weighted by atomic mass is 10.0. The van der Waals surface area contributed by atoms with Gasteiger partial charge < -0.3 is 4.74 Å². The number of nitrogens with two attached hydrogens (primary N) is 1. The van der Waals surface area contributed by atoms with Crippen LogP contribution < -0.4 is 11.3 Å². The Hall–Kier alpha value is -0.900. The molecule has 0 radical (unpaired) electrons. The first-order chi connectivity index (χ1) is 7.77. The highest BCUT2D eigenvalue weighted by atomic mass is 16.5. The van der Waals surface area contributed by atoms with E-state index >= 15 is 0 Å². The molecule has 1 atom stereocenters. The van der Waals surface area contributed by atoms with E-state index in [-0.39, 0.29) is 6.04 Å². The van der Waals surface area contributed by atoms with Crippen molar-refractivity contribution >= 4 is 0 Å². The molecule has 1 aromatic carbocycles. The second-order valence-electron chi connectivity index (χ2n) is 4.07. The van der Waals surface area contributed by atoms with Crippen molar-refractivity contribution in [2.75, 3.05) is 13.2 Å².